The number of amides is 1. The molecule has 5 aromatic carbocycles. The number of rotatable bonds is 11. The summed E-state index contributed by atoms with van der Waals surface area (Å²) in [4.78, 5) is 54.0. The maximum Gasteiger partial charge on any atom is 0.356 e. The summed E-state index contributed by atoms with van der Waals surface area (Å²) >= 11 is 1.05. The van der Waals surface area contributed by atoms with Crippen LogP contribution in [0.15, 0.2) is 146 Å². The Morgan fingerprint density at radius 1 is 0.729 bits per heavy atom. The van der Waals surface area contributed by atoms with Crippen LogP contribution in [0.25, 0.3) is 0 Å². The molecule has 0 aromatic heterocycles. The molecular weight excluding hydrogens is 643 g/mol. The van der Waals surface area contributed by atoms with Gasteiger partial charge in [-0.05, 0) is 39.2 Å². The maximum atomic E-state index is 14.7. The molecule has 1 aliphatic heterocycles. The highest BCUT2D eigenvalue weighted by molar-refractivity contribution is 8.14. The van der Waals surface area contributed by atoms with Crippen LogP contribution < -0.4 is 15.9 Å². The molecule has 10 heteroatoms. The molecule has 0 saturated carbocycles. The van der Waals surface area contributed by atoms with Crippen molar-refractivity contribution in [2.75, 3.05) is 0 Å². The van der Waals surface area contributed by atoms with E-state index < -0.39 is 23.2 Å². The number of likely N-dealkylation sites (tertiary alicyclic amines) is 1. The fourth-order valence-corrected chi connectivity index (χ4v) is 11.4. The van der Waals surface area contributed by atoms with Crippen molar-refractivity contribution in [1.29, 1.82) is 0 Å². The molecule has 1 saturated heterocycles. The second-order valence-corrected chi connectivity index (χ2v) is 15.6. The molecule has 1 aliphatic rings. The second kappa shape index (κ2) is 14.7. The molecule has 0 radical (unpaired) electrons. The molecule has 240 valence electrons. The van der Waals surface area contributed by atoms with Gasteiger partial charge in [0.15, 0.2) is 5.12 Å². The van der Waals surface area contributed by atoms with Gasteiger partial charge in [-0.3, -0.25) is 24.6 Å². The van der Waals surface area contributed by atoms with Crippen LogP contribution >= 0.6 is 18.6 Å². The number of nitrogens with zero attached hydrogens (tertiary/aromatic N) is 2. The number of β-lactam (4-membered cyclic amide) rings is 1. The minimum atomic E-state index is -3.13. The van der Waals surface area contributed by atoms with Gasteiger partial charge >= 0.3 is 5.97 Å². The van der Waals surface area contributed by atoms with E-state index in [-0.39, 0.29) is 41.6 Å². The van der Waals surface area contributed by atoms with E-state index in [4.69, 9.17) is 4.74 Å². The van der Waals surface area contributed by atoms with E-state index >= 15 is 0 Å². The Kier molecular flexibility index (Phi) is 9.99. The lowest BCUT2D eigenvalue weighted by atomic mass is 10.2. The van der Waals surface area contributed by atoms with E-state index in [2.05, 4.69) is 0 Å². The molecule has 48 heavy (non-hydrogen) atoms. The first kappa shape index (κ1) is 32.7. The standard InChI is InChI=1S/C38H31N2O6PS/c41-34-26-35(48-36(42)25-28-13-5-1-6-14-28)39(34)37(38(43)46-27-29-21-23-30(24-22-29)40(44)45)47(31-15-7-2-8-16-31,32-17-9-3-10-18-32)33-19-11-4-12-20-33/h1-24,35H,25-27H2. The van der Waals surface area contributed by atoms with E-state index in [1.165, 1.54) is 29.2 Å². The summed E-state index contributed by atoms with van der Waals surface area (Å²) in [6.07, 6.45) is 0.267. The van der Waals surface area contributed by atoms with Gasteiger partial charge in [0, 0.05) is 25.4 Å². The first-order valence-corrected chi connectivity index (χ1v) is 17.9. The summed E-state index contributed by atoms with van der Waals surface area (Å²) < 4.78 is 6.01. The SMILES string of the molecule is O=C(Cc1ccccc1)SC1CC(=O)N1C(C(=O)OCc1ccc([N+](=O)[O-])cc1)=P(c1ccccc1)(c1ccccc1)c1ccccc1. The molecule has 0 spiro atoms. The van der Waals surface area contributed by atoms with Crippen molar-refractivity contribution in [2.45, 2.75) is 24.8 Å². The molecule has 1 atom stereocenters. The zero-order valence-electron chi connectivity index (χ0n) is 25.8. The highest BCUT2D eigenvalue weighted by Gasteiger charge is 2.48. The molecule has 6 rings (SSSR count). The van der Waals surface area contributed by atoms with Gasteiger partial charge in [-0.25, -0.2) is 4.79 Å². The molecule has 1 amide bonds. The molecule has 8 nitrogen and oxygen atoms in total. The van der Waals surface area contributed by atoms with E-state index in [9.17, 15) is 24.5 Å². The van der Waals surface area contributed by atoms with Crippen molar-refractivity contribution in [3.05, 3.63) is 167 Å². The van der Waals surface area contributed by atoms with Crippen molar-refractivity contribution in [1.82, 2.24) is 4.90 Å². The van der Waals surface area contributed by atoms with Crippen LogP contribution in [0.3, 0.4) is 0 Å². The molecule has 0 N–H and O–H groups in total. The number of benzene rings is 5. The Hall–Kier alpha value is -5.24. The van der Waals surface area contributed by atoms with Crippen molar-refractivity contribution < 1.29 is 24.0 Å². The van der Waals surface area contributed by atoms with Gasteiger partial charge in [-0.2, -0.15) is 0 Å². The van der Waals surface area contributed by atoms with E-state index in [0.717, 1.165) is 33.2 Å². The molecule has 1 unspecified atom stereocenters. The molecule has 1 heterocycles. The fraction of sp³-hybridized carbons (Fsp3) is 0.105. The van der Waals surface area contributed by atoms with E-state index in [1.54, 1.807) is 0 Å². The maximum absolute atomic E-state index is 14.7. The normalized spacial score (nSPS) is 14.1. The van der Waals surface area contributed by atoms with Crippen molar-refractivity contribution in [3.63, 3.8) is 0 Å². The predicted octanol–water partition coefficient (Wildman–Crippen LogP) is 5.82. The molecule has 5 aromatic rings. The second-order valence-electron chi connectivity index (χ2n) is 11.1. The Bertz CT molecular complexity index is 1890. The van der Waals surface area contributed by atoms with Crippen LogP contribution in [0.4, 0.5) is 5.69 Å². The largest absolute Gasteiger partial charge is 0.456 e. The zero-order chi connectivity index (χ0) is 33.5. The number of carbonyl (C=O) groups is 3. The van der Waals surface area contributed by atoms with Crippen LogP contribution in [0, 0.1) is 10.1 Å². The average molecular weight is 675 g/mol. The molecule has 1 fully saturated rings. The van der Waals surface area contributed by atoms with Crippen LogP contribution in [-0.2, 0) is 32.1 Å². The summed E-state index contributed by atoms with van der Waals surface area (Å²) in [7, 11) is 0. The number of hydrogen-bond acceptors (Lipinski definition) is 7. The van der Waals surface area contributed by atoms with Crippen molar-refractivity contribution in [2.24, 2.45) is 0 Å². The third kappa shape index (κ3) is 6.74. The number of esters is 1. The van der Waals surface area contributed by atoms with Crippen LogP contribution in [0.1, 0.15) is 17.5 Å². The van der Waals surface area contributed by atoms with Gasteiger partial charge in [0.05, 0.1) is 16.7 Å². The van der Waals surface area contributed by atoms with Crippen LogP contribution in [0.2, 0.25) is 0 Å². The van der Waals surface area contributed by atoms with Gasteiger partial charge in [-0.1, -0.05) is 133 Å². The highest BCUT2D eigenvalue weighted by atomic mass is 32.2. The predicted molar refractivity (Wildman–Crippen MR) is 191 cm³/mol. The Morgan fingerprint density at radius 3 is 1.67 bits per heavy atom. The lowest BCUT2D eigenvalue weighted by molar-refractivity contribution is -0.384. The number of carbonyl (C=O) groups excluding carboxylic acids is 3. The van der Waals surface area contributed by atoms with E-state index in [0.29, 0.717) is 5.56 Å². The minimum Gasteiger partial charge on any atom is -0.456 e. The Labute approximate surface area is 282 Å². The molecule has 0 bridgehead atoms. The van der Waals surface area contributed by atoms with Crippen molar-refractivity contribution >= 4 is 62.7 Å². The first-order valence-electron chi connectivity index (χ1n) is 15.3. The first-order chi connectivity index (χ1) is 23.4. The summed E-state index contributed by atoms with van der Waals surface area (Å²) in [5, 5.41) is 13.0. The zero-order valence-corrected chi connectivity index (χ0v) is 27.5. The fourth-order valence-electron chi connectivity index (χ4n) is 5.79. The lowest BCUT2D eigenvalue weighted by Gasteiger charge is -2.44. The van der Waals surface area contributed by atoms with Gasteiger partial charge in [0.1, 0.15) is 12.0 Å². The number of ether oxygens (including phenoxy) is 1. The number of thioether (sulfide) groups is 1. The Morgan fingerprint density at radius 2 is 1.21 bits per heavy atom. The highest BCUT2D eigenvalue weighted by Crippen LogP contribution is 2.49. The quantitative estimate of drug-likeness (QED) is 0.0571. The number of hydrogen-bond donors (Lipinski definition) is 0. The van der Waals surface area contributed by atoms with Gasteiger partial charge in [-0.15, -0.1) is 0 Å². The number of nitro groups is 1. The summed E-state index contributed by atoms with van der Waals surface area (Å²) in [5.74, 6) is -0.984. The summed E-state index contributed by atoms with van der Waals surface area (Å²) in [6.45, 7) is -3.31. The van der Waals surface area contributed by atoms with Crippen LogP contribution in [0.5, 0.6) is 0 Å². The molecule has 0 aliphatic carbocycles. The smallest absolute Gasteiger partial charge is 0.356 e. The minimum absolute atomic E-state index is 0.0780. The van der Waals surface area contributed by atoms with Gasteiger partial charge < -0.3 is 4.74 Å². The average Bonchev–Trinajstić information content (AvgIpc) is 3.12. The number of non-ortho nitro benzene ring substituents is 1. The topological polar surface area (TPSA) is 107 Å². The number of nitro benzene ring substituents is 1. The third-order valence-corrected chi connectivity index (χ3v) is 13.3. The molecular formula is C38H31N2O6PS. The van der Waals surface area contributed by atoms with Crippen molar-refractivity contribution in [3.8, 4) is 0 Å². The lowest BCUT2D eigenvalue weighted by Crippen LogP contribution is -2.58. The Balaban J connectivity index is 1.53. The summed E-state index contributed by atoms with van der Waals surface area (Å²) in [5.41, 5.74) is 1.51. The van der Waals surface area contributed by atoms with Gasteiger partial charge in [0.25, 0.3) is 5.69 Å². The van der Waals surface area contributed by atoms with Crippen LogP contribution in [-0.4, -0.2) is 37.6 Å². The monoisotopic (exact) mass is 674 g/mol. The summed E-state index contributed by atoms with van der Waals surface area (Å²) in [6, 6.07) is 44.1. The van der Waals surface area contributed by atoms with Gasteiger partial charge in [0.2, 0.25) is 5.91 Å². The van der Waals surface area contributed by atoms with E-state index in [1.807, 2.05) is 121 Å². The third-order valence-electron chi connectivity index (χ3n) is 8.04.